The number of rotatable bonds is 4. The summed E-state index contributed by atoms with van der Waals surface area (Å²) in [6, 6.07) is 2.67. The van der Waals surface area contributed by atoms with Gasteiger partial charge in [0.25, 0.3) is 0 Å². The Bertz CT molecular complexity index is 1580. The second-order valence-corrected chi connectivity index (χ2v) is 11.9. The molecule has 4 rings (SSSR count). The Morgan fingerprint density at radius 2 is 1.70 bits per heavy atom. The summed E-state index contributed by atoms with van der Waals surface area (Å²) in [5.74, 6) is -0.344. The number of fused-ring (bicyclic) bond motifs is 2. The van der Waals surface area contributed by atoms with Crippen molar-refractivity contribution in [1.82, 2.24) is 15.3 Å². The minimum absolute atomic E-state index is 0.0798. The smallest absolute Gasteiger partial charge is 0.415 e. The van der Waals surface area contributed by atoms with Gasteiger partial charge in [-0.3, -0.25) is 15.5 Å². The summed E-state index contributed by atoms with van der Waals surface area (Å²) in [6.07, 6.45) is 1.35. The molecule has 1 aliphatic rings. The number of carbonyl (C=O) groups is 3. The molecule has 1 aliphatic heterocycles. The first-order valence-corrected chi connectivity index (χ1v) is 13.9. The number of hydrogen-bond donors (Lipinski definition) is 3. The van der Waals surface area contributed by atoms with Crippen molar-refractivity contribution in [3.05, 3.63) is 35.9 Å². The number of halogens is 1. The van der Waals surface area contributed by atoms with Crippen molar-refractivity contribution >= 4 is 46.2 Å². The first-order valence-electron chi connectivity index (χ1n) is 13.9. The Balaban J connectivity index is 1.89. The van der Waals surface area contributed by atoms with Crippen LogP contribution in [0.25, 0.3) is 21.9 Å². The van der Waals surface area contributed by atoms with E-state index in [9.17, 15) is 14.4 Å². The number of hydrogen-bond acceptors (Lipinski definition) is 8. The van der Waals surface area contributed by atoms with Crippen LogP contribution in [0, 0.1) is 12.7 Å². The van der Waals surface area contributed by atoms with Crippen LogP contribution in [0.15, 0.2) is 24.5 Å². The van der Waals surface area contributed by atoms with Crippen LogP contribution in [0.1, 0.15) is 54.0 Å². The molecule has 1 aromatic carbocycles. The minimum Gasteiger partial charge on any atom is -0.474 e. The lowest BCUT2D eigenvalue weighted by Crippen LogP contribution is -2.42. The van der Waals surface area contributed by atoms with Gasteiger partial charge in [-0.2, -0.15) is 0 Å². The number of nitrogens with one attached hydrogen (secondary N) is 3. The van der Waals surface area contributed by atoms with E-state index >= 15 is 4.39 Å². The summed E-state index contributed by atoms with van der Waals surface area (Å²) < 4.78 is 33.1. The third-order valence-corrected chi connectivity index (χ3v) is 6.17. The van der Waals surface area contributed by atoms with Gasteiger partial charge in [-0.15, -0.1) is 0 Å². The highest BCUT2D eigenvalue weighted by Gasteiger charge is 2.32. The molecule has 43 heavy (non-hydrogen) atoms. The Morgan fingerprint density at radius 3 is 2.35 bits per heavy atom. The van der Waals surface area contributed by atoms with Gasteiger partial charge >= 0.3 is 18.2 Å². The normalized spacial score (nSPS) is 13.1. The minimum atomic E-state index is -0.862. The average molecular weight is 597 g/mol. The van der Waals surface area contributed by atoms with Crippen molar-refractivity contribution in [2.75, 3.05) is 35.2 Å². The topological polar surface area (TPSA) is 144 Å². The number of nitrogens with zero attached hydrogens (tertiary/aromatic N) is 3. The molecule has 3 aromatic rings. The summed E-state index contributed by atoms with van der Waals surface area (Å²) in [5.41, 5.74) is -0.458. The number of urea groups is 1. The van der Waals surface area contributed by atoms with E-state index in [-0.39, 0.29) is 41.5 Å². The van der Waals surface area contributed by atoms with E-state index in [1.165, 1.54) is 17.3 Å². The van der Waals surface area contributed by atoms with Gasteiger partial charge < -0.3 is 19.5 Å². The zero-order valence-electron chi connectivity index (χ0n) is 25.6. The van der Waals surface area contributed by atoms with Gasteiger partial charge in [0.1, 0.15) is 29.3 Å². The van der Waals surface area contributed by atoms with Crippen LogP contribution in [0.2, 0.25) is 0 Å². The maximum Gasteiger partial charge on any atom is 0.415 e. The molecule has 4 amide bonds. The van der Waals surface area contributed by atoms with E-state index in [0.717, 1.165) is 0 Å². The van der Waals surface area contributed by atoms with E-state index in [1.807, 2.05) is 0 Å². The van der Waals surface area contributed by atoms with Crippen molar-refractivity contribution in [1.29, 1.82) is 0 Å². The average Bonchev–Trinajstić information content (AvgIpc) is 2.88. The van der Waals surface area contributed by atoms with Gasteiger partial charge in [0.2, 0.25) is 5.88 Å². The Labute approximate surface area is 249 Å². The standard InChI is InChI=1S/C30H37FN6O6/c1-9-32-26(38)35-21-13-17-12-18(22(31)23(20(17)15-33-21)36-27(39)42-29(3,4)5)19-14-34-25-24(16(19)2)37(10-11-41-25)28(40)43-30(6,7)8/h12-15H,9-11H2,1-8H3,(H,36,39)(H2,32,33,35,38). The van der Waals surface area contributed by atoms with Crippen LogP contribution in [-0.4, -0.2) is 59.1 Å². The van der Waals surface area contributed by atoms with Crippen LogP contribution < -0.4 is 25.6 Å². The molecule has 13 heteroatoms. The Kier molecular flexibility index (Phi) is 8.65. The first-order chi connectivity index (χ1) is 20.1. The summed E-state index contributed by atoms with van der Waals surface area (Å²) in [4.78, 5) is 48.1. The number of pyridine rings is 2. The predicted molar refractivity (Wildman–Crippen MR) is 161 cm³/mol. The zero-order chi connectivity index (χ0) is 31.7. The van der Waals surface area contributed by atoms with Crippen LogP contribution in [0.4, 0.5) is 36.0 Å². The van der Waals surface area contributed by atoms with Crippen molar-refractivity contribution in [2.45, 2.75) is 66.6 Å². The number of carbonyl (C=O) groups excluding carboxylic acids is 3. The maximum atomic E-state index is 16.4. The molecular weight excluding hydrogens is 559 g/mol. The SMILES string of the molecule is CCNC(=O)Nc1cc2cc(-c3cnc4c(c3C)N(C(=O)OC(C)(C)C)CCO4)c(F)c(NC(=O)OC(C)(C)C)c2cn1. The second-order valence-electron chi connectivity index (χ2n) is 11.9. The van der Waals surface area contributed by atoms with Crippen LogP contribution in [0.5, 0.6) is 5.88 Å². The molecule has 3 heterocycles. The fourth-order valence-corrected chi connectivity index (χ4v) is 4.49. The van der Waals surface area contributed by atoms with Crippen molar-refractivity contribution in [2.24, 2.45) is 0 Å². The molecule has 0 spiro atoms. The third-order valence-electron chi connectivity index (χ3n) is 6.17. The van der Waals surface area contributed by atoms with Gasteiger partial charge in [-0.25, -0.2) is 28.7 Å². The van der Waals surface area contributed by atoms with E-state index < -0.39 is 35.2 Å². The van der Waals surface area contributed by atoms with Crippen molar-refractivity contribution < 1.29 is 33.0 Å². The molecule has 0 fully saturated rings. The fraction of sp³-hybridized carbons (Fsp3) is 0.433. The lowest BCUT2D eigenvalue weighted by atomic mass is 9.96. The molecule has 0 bridgehead atoms. The van der Waals surface area contributed by atoms with Gasteiger partial charge in [0, 0.05) is 35.5 Å². The summed E-state index contributed by atoms with van der Waals surface area (Å²) >= 11 is 0. The molecule has 0 atom stereocenters. The second kappa shape index (κ2) is 11.9. The van der Waals surface area contributed by atoms with E-state index in [0.29, 0.717) is 28.7 Å². The first kappa shape index (κ1) is 31.3. The number of anilines is 3. The molecule has 3 N–H and O–H groups in total. The lowest BCUT2D eigenvalue weighted by molar-refractivity contribution is 0.0565. The quantitative estimate of drug-likeness (QED) is 0.315. The maximum absolute atomic E-state index is 16.4. The molecule has 2 aromatic heterocycles. The molecule has 0 saturated heterocycles. The monoisotopic (exact) mass is 596 g/mol. The van der Waals surface area contributed by atoms with Crippen LogP contribution >= 0.6 is 0 Å². The summed E-state index contributed by atoms with van der Waals surface area (Å²) in [5, 5.41) is 8.52. The number of benzene rings is 1. The zero-order valence-corrected chi connectivity index (χ0v) is 25.6. The largest absolute Gasteiger partial charge is 0.474 e. The Morgan fingerprint density at radius 1 is 1.00 bits per heavy atom. The molecule has 230 valence electrons. The Hall–Kier alpha value is -4.68. The van der Waals surface area contributed by atoms with Gasteiger partial charge in [-0.05, 0) is 78.5 Å². The molecule has 0 unspecified atom stereocenters. The van der Waals surface area contributed by atoms with Gasteiger partial charge in [-0.1, -0.05) is 0 Å². The number of aromatic nitrogens is 2. The molecular formula is C30H37FN6O6. The van der Waals surface area contributed by atoms with E-state index in [4.69, 9.17) is 14.2 Å². The number of amides is 4. The van der Waals surface area contributed by atoms with Crippen molar-refractivity contribution in [3.63, 3.8) is 0 Å². The lowest BCUT2D eigenvalue weighted by Gasteiger charge is -2.32. The molecule has 0 aliphatic carbocycles. The number of ether oxygens (including phenoxy) is 3. The molecule has 12 nitrogen and oxygen atoms in total. The molecule has 0 radical (unpaired) electrons. The highest BCUT2D eigenvalue weighted by molar-refractivity contribution is 6.05. The third kappa shape index (κ3) is 7.22. The van der Waals surface area contributed by atoms with Crippen LogP contribution in [0.3, 0.4) is 0 Å². The highest BCUT2D eigenvalue weighted by Crippen LogP contribution is 2.42. The predicted octanol–water partition coefficient (Wildman–Crippen LogP) is 6.37. The van der Waals surface area contributed by atoms with Crippen molar-refractivity contribution in [3.8, 4) is 17.0 Å². The highest BCUT2D eigenvalue weighted by atomic mass is 19.1. The van der Waals surface area contributed by atoms with E-state index in [1.54, 1.807) is 67.5 Å². The van der Waals surface area contributed by atoms with Gasteiger partial charge in [0.05, 0.1) is 12.2 Å². The van der Waals surface area contributed by atoms with Crippen LogP contribution in [-0.2, 0) is 9.47 Å². The molecule has 0 saturated carbocycles. The van der Waals surface area contributed by atoms with E-state index in [2.05, 4.69) is 25.9 Å². The summed E-state index contributed by atoms with van der Waals surface area (Å²) in [6.45, 7) is 14.7. The summed E-state index contributed by atoms with van der Waals surface area (Å²) in [7, 11) is 0. The fourth-order valence-electron chi connectivity index (χ4n) is 4.49. The van der Waals surface area contributed by atoms with Gasteiger partial charge in [0.15, 0.2) is 5.82 Å².